The monoisotopic (exact) mass is 253 g/mol. The Morgan fingerprint density at radius 1 is 1.39 bits per heavy atom. The number of nitrogens with two attached hydrogens (primary N) is 1. The van der Waals surface area contributed by atoms with Gasteiger partial charge < -0.3 is 16.2 Å². The third-order valence-electron chi connectivity index (χ3n) is 3.66. The zero-order valence-electron chi connectivity index (χ0n) is 10.3. The van der Waals surface area contributed by atoms with Crippen LogP contribution in [0.2, 0.25) is 0 Å². The van der Waals surface area contributed by atoms with Crippen LogP contribution >= 0.6 is 0 Å². The standard InChI is InChI=1S/C11H19N5O2/c12-9-8(14-16-15-9)10(18)13-6-11(7-17)4-2-1-3-5-11/h17H,1-7H2,(H,13,18)(H3,12,14,15,16). The van der Waals surface area contributed by atoms with E-state index in [0.29, 0.717) is 6.54 Å². The molecular weight excluding hydrogens is 234 g/mol. The predicted molar refractivity (Wildman–Crippen MR) is 65.7 cm³/mol. The summed E-state index contributed by atoms with van der Waals surface area (Å²) < 4.78 is 0. The molecule has 0 unspecified atom stereocenters. The molecule has 1 aliphatic rings. The van der Waals surface area contributed by atoms with Gasteiger partial charge in [0.15, 0.2) is 11.5 Å². The summed E-state index contributed by atoms with van der Waals surface area (Å²) in [6, 6.07) is 0. The van der Waals surface area contributed by atoms with E-state index >= 15 is 0 Å². The van der Waals surface area contributed by atoms with Gasteiger partial charge in [0.2, 0.25) is 0 Å². The minimum Gasteiger partial charge on any atom is -0.396 e. The number of rotatable bonds is 4. The van der Waals surface area contributed by atoms with Gasteiger partial charge in [-0.05, 0) is 12.8 Å². The molecule has 7 nitrogen and oxygen atoms in total. The average molecular weight is 253 g/mol. The fourth-order valence-electron chi connectivity index (χ4n) is 2.45. The zero-order valence-corrected chi connectivity index (χ0v) is 10.3. The molecule has 1 aliphatic carbocycles. The first-order valence-corrected chi connectivity index (χ1v) is 6.22. The van der Waals surface area contributed by atoms with Crippen LogP contribution in [0.4, 0.5) is 5.82 Å². The molecule has 1 amide bonds. The van der Waals surface area contributed by atoms with Crippen molar-refractivity contribution in [2.75, 3.05) is 18.9 Å². The van der Waals surface area contributed by atoms with E-state index < -0.39 is 0 Å². The molecule has 1 heterocycles. The van der Waals surface area contributed by atoms with Crippen molar-refractivity contribution in [2.45, 2.75) is 32.1 Å². The molecule has 5 N–H and O–H groups in total. The molecule has 1 aromatic heterocycles. The van der Waals surface area contributed by atoms with Crippen LogP contribution in [0.5, 0.6) is 0 Å². The smallest absolute Gasteiger partial charge is 0.275 e. The van der Waals surface area contributed by atoms with Crippen molar-refractivity contribution in [2.24, 2.45) is 5.41 Å². The summed E-state index contributed by atoms with van der Waals surface area (Å²) in [5, 5.41) is 21.9. The second kappa shape index (κ2) is 5.34. The number of nitrogens with one attached hydrogen (secondary N) is 2. The van der Waals surface area contributed by atoms with Crippen molar-refractivity contribution in [3.8, 4) is 0 Å². The molecule has 100 valence electrons. The minimum atomic E-state index is -0.348. The number of hydrogen-bond donors (Lipinski definition) is 4. The molecule has 0 bridgehead atoms. The Labute approximate surface area is 105 Å². The van der Waals surface area contributed by atoms with E-state index in [-0.39, 0.29) is 29.4 Å². The van der Waals surface area contributed by atoms with Crippen molar-refractivity contribution < 1.29 is 9.90 Å². The number of aromatic nitrogens is 3. The average Bonchev–Trinajstić information content (AvgIpc) is 2.83. The number of nitrogens with zero attached hydrogens (tertiary/aromatic N) is 2. The van der Waals surface area contributed by atoms with Crippen molar-refractivity contribution in [3.63, 3.8) is 0 Å². The lowest BCUT2D eigenvalue weighted by Gasteiger charge is -2.35. The Bertz CT molecular complexity index is 411. The second-order valence-electron chi connectivity index (χ2n) is 4.96. The normalized spacial score (nSPS) is 18.5. The van der Waals surface area contributed by atoms with Crippen molar-refractivity contribution in [3.05, 3.63) is 5.69 Å². The molecule has 1 aromatic rings. The highest BCUT2D eigenvalue weighted by molar-refractivity contribution is 5.96. The number of H-pyrrole nitrogens is 1. The third-order valence-corrected chi connectivity index (χ3v) is 3.66. The van der Waals surface area contributed by atoms with Crippen molar-refractivity contribution in [1.29, 1.82) is 0 Å². The predicted octanol–water partition coefficient (Wildman–Crippen LogP) is 0.0595. The first kappa shape index (κ1) is 12.8. The lowest BCUT2D eigenvalue weighted by Crippen LogP contribution is -2.41. The Morgan fingerprint density at radius 2 is 2.11 bits per heavy atom. The fraction of sp³-hybridized carbons (Fsp3) is 0.727. The topological polar surface area (TPSA) is 117 Å². The molecule has 7 heteroatoms. The Balaban J connectivity index is 1.94. The van der Waals surface area contributed by atoms with E-state index in [1.54, 1.807) is 0 Å². The number of aromatic amines is 1. The maximum absolute atomic E-state index is 11.8. The number of aliphatic hydroxyl groups excluding tert-OH is 1. The van der Waals surface area contributed by atoms with Crippen LogP contribution in [0.3, 0.4) is 0 Å². The number of hydrogen-bond acceptors (Lipinski definition) is 5. The van der Waals surface area contributed by atoms with Crippen LogP contribution in [-0.2, 0) is 0 Å². The van der Waals surface area contributed by atoms with Gasteiger partial charge in [0.05, 0.1) is 6.61 Å². The highest BCUT2D eigenvalue weighted by atomic mass is 16.3. The number of nitrogen functional groups attached to an aromatic ring is 1. The highest BCUT2D eigenvalue weighted by Gasteiger charge is 2.32. The van der Waals surface area contributed by atoms with E-state index in [0.717, 1.165) is 25.7 Å². The first-order valence-electron chi connectivity index (χ1n) is 6.22. The molecule has 0 radical (unpaired) electrons. The summed E-state index contributed by atoms with van der Waals surface area (Å²) in [6.45, 7) is 0.552. The van der Waals surface area contributed by atoms with Crippen LogP contribution in [0, 0.1) is 5.41 Å². The highest BCUT2D eigenvalue weighted by Crippen LogP contribution is 2.35. The number of carbonyl (C=O) groups is 1. The molecule has 0 atom stereocenters. The second-order valence-corrected chi connectivity index (χ2v) is 4.96. The maximum Gasteiger partial charge on any atom is 0.275 e. The summed E-state index contributed by atoms with van der Waals surface area (Å²) in [7, 11) is 0. The van der Waals surface area contributed by atoms with E-state index in [4.69, 9.17) is 5.73 Å². The van der Waals surface area contributed by atoms with Crippen molar-refractivity contribution in [1.82, 2.24) is 20.7 Å². The summed E-state index contributed by atoms with van der Waals surface area (Å²) in [6.07, 6.45) is 5.28. The van der Waals surface area contributed by atoms with Gasteiger partial charge in [-0.2, -0.15) is 5.21 Å². The summed E-state index contributed by atoms with van der Waals surface area (Å²) in [4.78, 5) is 11.8. The van der Waals surface area contributed by atoms with Crippen LogP contribution < -0.4 is 11.1 Å². The van der Waals surface area contributed by atoms with E-state index in [1.807, 2.05) is 0 Å². The van der Waals surface area contributed by atoms with Gasteiger partial charge in [-0.1, -0.05) is 19.3 Å². The van der Waals surface area contributed by atoms with Crippen LogP contribution in [0.25, 0.3) is 0 Å². The summed E-state index contributed by atoms with van der Waals surface area (Å²) >= 11 is 0. The van der Waals surface area contributed by atoms with Gasteiger partial charge >= 0.3 is 0 Å². The molecule has 0 saturated heterocycles. The SMILES string of the molecule is Nc1n[nH]nc1C(=O)NCC1(CO)CCCCC1. The van der Waals surface area contributed by atoms with Gasteiger partial charge in [0, 0.05) is 12.0 Å². The van der Waals surface area contributed by atoms with Crippen LogP contribution in [-0.4, -0.2) is 39.6 Å². The summed E-state index contributed by atoms with van der Waals surface area (Å²) in [5.74, 6) is -0.256. The van der Waals surface area contributed by atoms with Crippen LogP contribution in [0.15, 0.2) is 0 Å². The van der Waals surface area contributed by atoms with E-state index in [9.17, 15) is 9.90 Å². The fourth-order valence-corrected chi connectivity index (χ4v) is 2.45. The van der Waals surface area contributed by atoms with E-state index in [2.05, 4.69) is 20.7 Å². The molecule has 1 fully saturated rings. The third kappa shape index (κ3) is 2.61. The number of aliphatic hydroxyl groups is 1. The number of carbonyl (C=O) groups excluding carboxylic acids is 1. The lowest BCUT2D eigenvalue weighted by atomic mass is 9.74. The number of anilines is 1. The molecule has 1 saturated carbocycles. The van der Waals surface area contributed by atoms with Gasteiger partial charge in [-0.15, -0.1) is 10.2 Å². The van der Waals surface area contributed by atoms with Gasteiger partial charge in [-0.3, -0.25) is 4.79 Å². The van der Waals surface area contributed by atoms with Gasteiger partial charge in [0.1, 0.15) is 0 Å². The van der Waals surface area contributed by atoms with Gasteiger partial charge in [-0.25, -0.2) is 0 Å². The molecule has 0 spiro atoms. The Hall–Kier alpha value is -1.63. The van der Waals surface area contributed by atoms with E-state index in [1.165, 1.54) is 6.42 Å². The largest absolute Gasteiger partial charge is 0.396 e. The zero-order chi connectivity index (χ0) is 13.0. The minimum absolute atomic E-state index is 0.0918. The van der Waals surface area contributed by atoms with Gasteiger partial charge in [0.25, 0.3) is 5.91 Å². The Kier molecular flexibility index (Phi) is 3.81. The molecule has 2 rings (SSSR count). The number of amides is 1. The molecule has 18 heavy (non-hydrogen) atoms. The molecule has 0 aliphatic heterocycles. The van der Waals surface area contributed by atoms with Crippen LogP contribution in [0.1, 0.15) is 42.6 Å². The lowest BCUT2D eigenvalue weighted by molar-refractivity contribution is 0.0716. The first-order chi connectivity index (χ1) is 8.67. The maximum atomic E-state index is 11.8. The van der Waals surface area contributed by atoms with Crippen molar-refractivity contribution >= 4 is 11.7 Å². The quantitative estimate of drug-likeness (QED) is 0.605. The molecule has 0 aromatic carbocycles. The Morgan fingerprint density at radius 3 is 2.67 bits per heavy atom. The summed E-state index contributed by atoms with van der Waals surface area (Å²) in [5.41, 5.74) is 5.42. The molecular formula is C11H19N5O2.